The average Bonchev–Trinajstić information content (AvgIpc) is 3.11. The van der Waals surface area contributed by atoms with E-state index in [4.69, 9.17) is 4.74 Å². The van der Waals surface area contributed by atoms with Crippen LogP contribution in [0.5, 0.6) is 5.75 Å². The van der Waals surface area contributed by atoms with Crippen molar-refractivity contribution in [1.82, 2.24) is 10.2 Å². The third-order valence-electron chi connectivity index (χ3n) is 4.90. The predicted molar refractivity (Wildman–Crippen MR) is 103 cm³/mol. The molecule has 0 radical (unpaired) electrons. The molecule has 1 heterocycles. The Morgan fingerprint density at radius 1 is 1.15 bits per heavy atom. The van der Waals surface area contributed by atoms with Gasteiger partial charge in [0.2, 0.25) is 5.91 Å². The molecule has 0 unspecified atom stereocenters. The minimum Gasteiger partial charge on any atom is -0.484 e. The number of rotatable bonds is 7. The first-order valence-corrected chi connectivity index (χ1v) is 9.61. The molecular weight excluding hydrogens is 328 g/mol. The molecule has 0 bridgehead atoms. The highest BCUT2D eigenvalue weighted by Gasteiger charge is 2.30. The summed E-state index contributed by atoms with van der Waals surface area (Å²) in [4.78, 5) is 26.8. The zero-order valence-electron chi connectivity index (χ0n) is 16.7. The Morgan fingerprint density at radius 2 is 1.81 bits per heavy atom. The number of nitrogens with zero attached hydrogens (tertiary/aromatic N) is 1. The Kier molecular flexibility index (Phi) is 7.06. The Bertz CT molecular complexity index is 634. The highest BCUT2D eigenvalue weighted by molar-refractivity contribution is 5.88. The Morgan fingerprint density at radius 3 is 2.35 bits per heavy atom. The number of aryl methyl sites for hydroxylation is 1. The zero-order valence-corrected chi connectivity index (χ0v) is 16.7. The van der Waals surface area contributed by atoms with E-state index in [2.05, 4.69) is 19.2 Å². The van der Waals surface area contributed by atoms with Crippen molar-refractivity contribution in [2.45, 2.75) is 59.4 Å². The Labute approximate surface area is 157 Å². The summed E-state index contributed by atoms with van der Waals surface area (Å²) in [7, 11) is 0. The van der Waals surface area contributed by atoms with Gasteiger partial charge in [-0.1, -0.05) is 33.8 Å². The van der Waals surface area contributed by atoms with Crippen LogP contribution >= 0.6 is 0 Å². The lowest BCUT2D eigenvalue weighted by atomic mass is 9.98. The molecule has 1 aliphatic rings. The number of ether oxygens (including phenoxy) is 1. The van der Waals surface area contributed by atoms with Crippen molar-refractivity contribution in [3.63, 3.8) is 0 Å². The molecule has 1 N–H and O–H groups in total. The largest absolute Gasteiger partial charge is 0.484 e. The van der Waals surface area contributed by atoms with Gasteiger partial charge in [-0.15, -0.1) is 0 Å². The van der Waals surface area contributed by atoms with E-state index in [-0.39, 0.29) is 24.3 Å². The van der Waals surface area contributed by atoms with Gasteiger partial charge in [0, 0.05) is 13.1 Å². The first kappa shape index (κ1) is 20.3. The second kappa shape index (κ2) is 9.06. The van der Waals surface area contributed by atoms with Gasteiger partial charge in [0.25, 0.3) is 5.91 Å². The lowest BCUT2D eigenvalue weighted by Gasteiger charge is -2.26. The third-order valence-corrected chi connectivity index (χ3v) is 4.90. The van der Waals surface area contributed by atoms with Crippen LogP contribution in [0, 0.1) is 12.8 Å². The summed E-state index contributed by atoms with van der Waals surface area (Å²) in [6.07, 6.45) is 2.08. The summed E-state index contributed by atoms with van der Waals surface area (Å²) in [6.45, 7) is 11.7. The number of likely N-dealkylation sites (tertiary alicyclic amines) is 1. The van der Waals surface area contributed by atoms with E-state index >= 15 is 0 Å². The third kappa shape index (κ3) is 5.23. The van der Waals surface area contributed by atoms with E-state index in [9.17, 15) is 9.59 Å². The van der Waals surface area contributed by atoms with E-state index in [1.807, 2.05) is 43.9 Å². The molecule has 2 amide bonds. The van der Waals surface area contributed by atoms with Gasteiger partial charge in [-0.2, -0.15) is 0 Å². The highest BCUT2D eigenvalue weighted by Crippen LogP contribution is 2.23. The van der Waals surface area contributed by atoms with Crippen molar-refractivity contribution >= 4 is 11.8 Å². The number of benzene rings is 1. The van der Waals surface area contributed by atoms with E-state index in [1.165, 1.54) is 5.56 Å². The second-order valence-electron chi connectivity index (χ2n) is 7.78. The standard InChI is InChI=1S/C21H32N2O3/c1-14(2)18-9-8-17(12-16(18)5)26-13-19(24)22-20(15(3)4)21(25)23-10-6-7-11-23/h8-9,12,14-15,20H,6-7,10-11,13H2,1-5H3,(H,22,24)/t20-/m0/s1. The lowest BCUT2D eigenvalue weighted by Crippen LogP contribution is -2.51. The van der Waals surface area contributed by atoms with Crippen molar-refractivity contribution in [3.05, 3.63) is 29.3 Å². The van der Waals surface area contributed by atoms with Gasteiger partial charge < -0.3 is 15.0 Å². The topological polar surface area (TPSA) is 58.6 Å². The number of hydrogen-bond acceptors (Lipinski definition) is 3. The van der Waals surface area contributed by atoms with E-state index in [0.29, 0.717) is 11.7 Å². The molecule has 0 aliphatic carbocycles. The zero-order chi connectivity index (χ0) is 19.3. The molecule has 1 fully saturated rings. The smallest absolute Gasteiger partial charge is 0.258 e. The molecule has 0 spiro atoms. The SMILES string of the molecule is Cc1cc(OCC(=O)N[C@H](C(=O)N2CCCC2)C(C)C)ccc1C(C)C. The minimum atomic E-state index is -0.491. The molecule has 2 rings (SSSR count). The molecule has 5 heteroatoms. The summed E-state index contributed by atoms with van der Waals surface area (Å²) in [5.41, 5.74) is 2.43. The summed E-state index contributed by atoms with van der Waals surface area (Å²) in [5.74, 6) is 0.925. The van der Waals surface area contributed by atoms with Gasteiger partial charge >= 0.3 is 0 Å². The van der Waals surface area contributed by atoms with Crippen LogP contribution in [-0.2, 0) is 9.59 Å². The Hall–Kier alpha value is -2.04. The van der Waals surface area contributed by atoms with Gasteiger partial charge in [-0.05, 0) is 54.9 Å². The van der Waals surface area contributed by atoms with Gasteiger partial charge in [0.1, 0.15) is 11.8 Å². The van der Waals surface area contributed by atoms with Crippen molar-refractivity contribution in [2.75, 3.05) is 19.7 Å². The van der Waals surface area contributed by atoms with E-state index in [0.717, 1.165) is 31.5 Å². The maximum atomic E-state index is 12.6. The molecule has 0 saturated carbocycles. The van der Waals surface area contributed by atoms with E-state index < -0.39 is 6.04 Å². The van der Waals surface area contributed by atoms with Gasteiger partial charge in [-0.3, -0.25) is 9.59 Å². The van der Waals surface area contributed by atoms with Gasteiger partial charge in [0.15, 0.2) is 6.61 Å². The molecule has 1 aromatic rings. The van der Waals surface area contributed by atoms with Crippen LogP contribution in [0.3, 0.4) is 0 Å². The fourth-order valence-corrected chi connectivity index (χ4v) is 3.40. The average molecular weight is 360 g/mol. The first-order valence-electron chi connectivity index (χ1n) is 9.61. The molecular formula is C21H32N2O3. The number of nitrogens with one attached hydrogen (secondary N) is 1. The van der Waals surface area contributed by atoms with Crippen molar-refractivity contribution < 1.29 is 14.3 Å². The molecule has 144 valence electrons. The van der Waals surface area contributed by atoms with Crippen LogP contribution in [0.4, 0.5) is 0 Å². The summed E-state index contributed by atoms with van der Waals surface area (Å²) in [5, 5.41) is 2.85. The monoisotopic (exact) mass is 360 g/mol. The van der Waals surface area contributed by atoms with Crippen LogP contribution in [0.25, 0.3) is 0 Å². The quantitative estimate of drug-likeness (QED) is 0.812. The fraction of sp³-hybridized carbons (Fsp3) is 0.619. The lowest BCUT2D eigenvalue weighted by molar-refractivity contribution is -0.137. The van der Waals surface area contributed by atoms with Crippen LogP contribution in [0.15, 0.2) is 18.2 Å². The van der Waals surface area contributed by atoms with Crippen molar-refractivity contribution in [2.24, 2.45) is 5.92 Å². The van der Waals surface area contributed by atoms with Gasteiger partial charge in [0.05, 0.1) is 0 Å². The number of carbonyl (C=O) groups is 2. The molecule has 1 aromatic carbocycles. The van der Waals surface area contributed by atoms with Crippen LogP contribution in [0.2, 0.25) is 0 Å². The first-order chi connectivity index (χ1) is 12.3. The maximum Gasteiger partial charge on any atom is 0.258 e. The predicted octanol–water partition coefficient (Wildman–Crippen LogP) is 3.26. The molecule has 1 atom stereocenters. The number of hydrogen-bond donors (Lipinski definition) is 1. The molecule has 26 heavy (non-hydrogen) atoms. The van der Waals surface area contributed by atoms with Crippen LogP contribution in [-0.4, -0.2) is 42.5 Å². The normalized spacial score (nSPS) is 15.4. The molecule has 1 saturated heterocycles. The van der Waals surface area contributed by atoms with E-state index in [1.54, 1.807) is 0 Å². The number of amides is 2. The van der Waals surface area contributed by atoms with Crippen LogP contribution in [0.1, 0.15) is 57.6 Å². The van der Waals surface area contributed by atoms with Gasteiger partial charge in [-0.25, -0.2) is 0 Å². The maximum absolute atomic E-state index is 12.6. The van der Waals surface area contributed by atoms with Crippen LogP contribution < -0.4 is 10.1 Å². The highest BCUT2D eigenvalue weighted by atomic mass is 16.5. The fourth-order valence-electron chi connectivity index (χ4n) is 3.40. The summed E-state index contributed by atoms with van der Waals surface area (Å²) < 4.78 is 5.63. The summed E-state index contributed by atoms with van der Waals surface area (Å²) >= 11 is 0. The summed E-state index contributed by atoms with van der Waals surface area (Å²) in [6, 6.07) is 5.40. The second-order valence-corrected chi connectivity index (χ2v) is 7.78. The molecule has 5 nitrogen and oxygen atoms in total. The molecule has 1 aliphatic heterocycles. The Balaban J connectivity index is 1.91. The van der Waals surface area contributed by atoms with Crippen molar-refractivity contribution in [1.29, 1.82) is 0 Å². The minimum absolute atomic E-state index is 0.0166. The molecule has 0 aromatic heterocycles. The number of carbonyl (C=O) groups excluding carboxylic acids is 2. The van der Waals surface area contributed by atoms with Crippen molar-refractivity contribution in [3.8, 4) is 5.75 Å².